The van der Waals surface area contributed by atoms with Gasteiger partial charge in [0, 0.05) is 11.4 Å². The van der Waals surface area contributed by atoms with Crippen LogP contribution in [0.2, 0.25) is 0 Å². The molecule has 0 saturated carbocycles. The normalized spacial score (nSPS) is 11.0. The summed E-state index contributed by atoms with van der Waals surface area (Å²) in [6.45, 7) is 6.05. The molecule has 2 aromatic heterocycles. The van der Waals surface area contributed by atoms with Gasteiger partial charge in [-0.15, -0.1) is 5.10 Å². The first-order valence-corrected chi connectivity index (χ1v) is 7.74. The predicted octanol–water partition coefficient (Wildman–Crippen LogP) is 2.14. The number of H-pyrrole nitrogens is 1. The van der Waals surface area contributed by atoms with Crippen molar-refractivity contribution in [2.45, 2.75) is 27.2 Å². The molecule has 0 bridgehead atoms. The summed E-state index contributed by atoms with van der Waals surface area (Å²) in [5, 5.41) is 21.2. The fourth-order valence-corrected chi connectivity index (χ4v) is 2.40. The molecule has 0 aliphatic carbocycles. The molecule has 2 heterocycles. The maximum absolute atomic E-state index is 12.3. The van der Waals surface area contributed by atoms with Crippen LogP contribution < -0.4 is 5.32 Å². The average molecular weight is 325 g/mol. The summed E-state index contributed by atoms with van der Waals surface area (Å²) in [5.41, 5.74) is 2.75. The third-order valence-corrected chi connectivity index (χ3v) is 3.47. The molecule has 0 atom stereocenters. The smallest absolute Gasteiger partial charge is 0.276 e. The summed E-state index contributed by atoms with van der Waals surface area (Å²) < 4.78 is 1.60. The monoisotopic (exact) mass is 325 g/mol. The standard InChI is InChI=1S/C16H19N7O/c1-10(2)7-13-9-15(20-19-13)16(24)17-12-5-4-6-14(8-12)23-11(3)18-21-22-23/h4-6,8-10H,7H2,1-3H3,(H,17,24)(H,19,20). The topological polar surface area (TPSA) is 101 Å². The number of hydrogen-bond acceptors (Lipinski definition) is 5. The second kappa shape index (κ2) is 6.61. The van der Waals surface area contributed by atoms with Crippen molar-refractivity contribution < 1.29 is 4.79 Å². The Kier molecular flexibility index (Phi) is 4.37. The lowest BCUT2D eigenvalue weighted by molar-refractivity contribution is 0.102. The molecular formula is C16H19N7O. The van der Waals surface area contributed by atoms with Gasteiger partial charge in [0.25, 0.3) is 5.91 Å². The summed E-state index contributed by atoms with van der Waals surface area (Å²) in [6, 6.07) is 9.10. The van der Waals surface area contributed by atoms with Crippen LogP contribution in [0.15, 0.2) is 30.3 Å². The van der Waals surface area contributed by atoms with Crippen molar-refractivity contribution in [2.24, 2.45) is 5.92 Å². The minimum Gasteiger partial charge on any atom is -0.321 e. The Morgan fingerprint density at radius 2 is 2.17 bits per heavy atom. The molecule has 1 aromatic carbocycles. The number of anilines is 1. The number of amides is 1. The molecule has 24 heavy (non-hydrogen) atoms. The zero-order valence-corrected chi connectivity index (χ0v) is 13.8. The molecule has 1 amide bonds. The van der Waals surface area contributed by atoms with Gasteiger partial charge in [0.2, 0.25) is 0 Å². The van der Waals surface area contributed by atoms with Crippen LogP contribution in [0.3, 0.4) is 0 Å². The molecule has 0 aliphatic rings. The van der Waals surface area contributed by atoms with E-state index >= 15 is 0 Å². The highest BCUT2D eigenvalue weighted by molar-refractivity contribution is 6.03. The molecule has 0 aliphatic heterocycles. The van der Waals surface area contributed by atoms with E-state index < -0.39 is 0 Å². The number of tetrazole rings is 1. The van der Waals surface area contributed by atoms with Gasteiger partial charge in [0.15, 0.2) is 11.5 Å². The first kappa shape index (κ1) is 15.9. The number of carbonyl (C=O) groups excluding carboxylic acids is 1. The molecule has 2 N–H and O–H groups in total. The maximum Gasteiger partial charge on any atom is 0.276 e. The van der Waals surface area contributed by atoms with Crippen molar-refractivity contribution in [1.29, 1.82) is 0 Å². The van der Waals surface area contributed by atoms with Gasteiger partial charge < -0.3 is 5.32 Å². The Morgan fingerprint density at radius 1 is 1.33 bits per heavy atom. The lowest BCUT2D eigenvalue weighted by Crippen LogP contribution is -2.12. The lowest BCUT2D eigenvalue weighted by Gasteiger charge is -2.06. The van der Waals surface area contributed by atoms with Crippen LogP contribution in [0.1, 0.15) is 35.9 Å². The van der Waals surface area contributed by atoms with Crippen molar-refractivity contribution in [3.8, 4) is 5.69 Å². The van der Waals surface area contributed by atoms with Crippen LogP contribution in [0.4, 0.5) is 5.69 Å². The third kappa shape index (κ3) is 3.48. The van der Waals surface area contributed by atoms with Crippen LogP contribution in [-0.4, -0.2) is 36.3 Å². The molecule has 8 nitrogen and oxygen atoms in total. The van der Waals surface area contributed by atoms with Crippen LogP contribution in [0.25, 0.3) is 5.69 Å². The zero-order chi connectivity index (χ0) is 17.1. The van der Waals surface area contributed by atoms with Crippen LogP contribution in [0, 0.1) is 12.8 Å². The number of aromatic amines is 1. The number of rotatable bonds is 5. The Bertz CT molecular complexity index is 849. The van der Waals surface area contributed by atoms with Crippen LogP contribution in [-0.2, 0) is 6.42 Å². The molecule has 0 unspecified atom stereocenters. The van der Waals surface area contributed by atoms with Crippen LogP contribution >= 0.6 is 0 Å². The number of carbonyl (C=O) groups is 1. The van der Waals surface area contributed by atoms with E-state index in [0.717, 1.165) is 17.8 Å². The van der Waals surface area contributed by atoms with Crippen molar-refractivity contribution in [3.63, 3.8) is 0 Å². The molecule has 3 aromatic rings. The number of nitrogens with one attached hydrogen (secondary N) is 2. The van der Waals surface area contributed by atoms with Crippen molar-refractivity contribution in [1.82, 2.24) is 30.4 Å². The minimum absolute atomic E-state index is 0.258. The SMILES string of the molecule is Cc1nnnn1-c1cccc(NC(=O)c2cc(CC(C)C)[nH]n2)c1. The van der Waals surface area contributed by atoms with Gasteiger partial charge >= 0.3 is 0 Å². The van der Waals surface area contributed by atoms with E-state index in [-0.39, 0.29) is 5.91 Å². The Labute approximate surface area is 139 Å². The van der Waals surface area contributed by atoms with Gasteiger partial charge in [-0.1, -0.05) is 19.9 Å². The van der Waals surface area contributed by atoms with Gasteiger partial charge in [-0.25, -0.2) is 0 Å². The highest BCUT2D eigenvalue weighted by Crippen LogP contribution is 2.16. The number of nitrogens with zero attached hydrogens (tertiary/aromatic N) is 5. The van der Waals surface area contributed by atoms with E-state index in [4.69, 9.17) is 0 Å². The molecule has 0 radical (unpaired) electrons. The molecular weight excluding hydrogens is 306 g/mol. The molecule has 3 rings (SSSR count). The first-order chi connectivity index (χ1) is 11.5. The third-order valence-electron chi connectivity index (χ3n) is 3.47. The maximum atomic E-state index is 12.3. The molecule has 8 heteroatoms. The average Bonchev–Trinajstić information content (AvgIpc) is 3.16. The number of aromatic nitrogens is 6. The summed E-state index contributed by atoms with van der Waals surface area (Å²) in [7, 11) is 0. The zero-order valence-electron chi connectivity index (χ0n) is 13.8. The fourth-order valence-electron chi connectivity index (χ4n) is 2.40. The quantitative estimate of drug-likeness (QED) is 0.748. The fraction of sp³-hybridized carbons (Fsp3) is 0.312. The predicted molar refractivity (Wildman–Crippen MR) is 89.0 cm³/mol. The largest absolute Gasteiger partial charge is 0.321 e. The molecule has 0 fully saturated rings. The molecule has 0 saturated heterocycles. The summed E-state index contributed by atoms with van der Waals surface area (Å²) >= 11 is 0. The van der Waals surface area contributed by atoms with Crippen molar-refractivity contribution >= 4 is 11.6 Å². The Morgan fingerprint density at radius 3 is 2.88 bits per heavy atom. The number of hydrogen-bond donors (Lipinski definition) is 2. The van der Waals surface area contributed by atoms with Crippen molar-refractivity contribution in [3.05, 3.63) is 47.5 Å². The second-order valence-corrected chi connectivity index (χ2v) is 6.02. The number of benzene rings is 1. The highest BCUT2D eigenvalue weighted by atomic mass is 16.1. The van der Waals surface area contributed by atoms with Gasteiger partial charge in [-0.3, -0.25) is 9.89 Å². The van der Waals surface area contributed by atoms with E-state index in [1.54, 1.807) is 10.7 Å². The van der Waals surface area contributed by atoms with Gasteiger partial charge in [0.1, 0.15) is 0 Å². The first-order valence-electron chi connectivity index (χ1n) is 7.74. The second-order valence-electron chi connectivity index (χ2n) is 6.02. The Hall–Kier alpha value is -3.03. The van der Waals surface area contributed by atoms with E-state index in [1.165, 1.54) is 0 Å². The van der Waals surface area contributed by atoms with E-state index in [0.29, 0.717) is 23.1 Å². The minimum atomic E-state index is -0.258. The Balaban J connectivity index is 1.75. The highest BCUT2D eigenvalue weighted by Gasteiger charge is 2.12. The van der Waals surface area contributed by atoms with E-state index in [9.17, 15) is 4.79 Å². The summed E-state index contributed by atoms with van der Waals surface area (Å²) in [5.74, 6) is 0.911. The van der Waals surface area contributed by atoms with E-state index in [2.05, 4.69) is 44.9 Å². The van der Waals surface area contributed by atoms with Gasteiger partial charge in [-0.2, -0.15) is 9.78 Å². The van der Waals surface area contributed by atoms with Gasteiger partial charge in [0.05, 0.1) is 5.69 Å². The number of aryl methyl sites for hydroxylation is 1. The molecule has 124 valence electrons. The molecule has 0 spiro atoms. The van der Waals surface area contributed by atoms with Crippen molar-refractivity contribution in [2.75, 3.05) is 5.32 Å². The van der Waals surface area contributed by atoms with Crippen LogP contribution in [0.5, 0.6) is 0 Å². The lowest BCUT2D eigenvalue weighted by atomic mass is 10.1. The summed E-state index contributed by atoms with van der Waals surface area (Å²) in [6.07, 6.45) is 0.855. The van der Waals surface area contributed by atoms with E-state index in [1.807, 2.05) is 31.2 Å². The summed E-state index contributed by atoms with van der Waals surface area (Å²) in [4.78, 5) is 12.3. The van der Waals surface area contributed by atoms with Gasteiger partial charge in [-0.05, 0) is 54.0 Å².